The summed E-state index contributed by atoms with van der Waals surface area (Å²) >= 11 is 0. The Hall–Kier alpha value is -0.590. The quantitative estimate of drug-likeness (QED) is 0.737. The Morgan fingerprint density at radius 1 is 1.18 bits per heavy atom. The molecule has 0 aliphatic carbocycles. The van der Waals surface area contributed by atoms with E-state index < -0.39 is 5.41 Å². The van der Waals surface area contributed by atoms with Gasteiger partial charge in [-0.15, -0.1) is 0 Å². The van der Waals surface area contributed by atoms with Crippen LogP contribution in [0.4, 0.5) is 0 Å². The number of hydrogen-bond acceptors (Lipinski definition) is 3. The molecule has 100 valence electrons. The molecule has 1 rings (SSSR count). The lowest BCUT2D eigenvalue weighted by Crippen LogP contribution is -2.56. The third kappa shape index (κ3) is 2.64. The van der Waals surface area contributed by atoms with Gasteiger partial charge in [-0.1, -0.05) is 13.8 Å². The Bertz CT molecular complexity index is 291. The fourth-order valence-corrected chi connectivity index (χ4v) is 2.56. The molecule has 0 bridgehead atoms. The lowest BCUT2D eigenvalue weighted by atomic mass is 9.73. The van der Waals surface area contributed by atoms with Crippen LogP contribution < -0.4 is 0 Å². The number of hydrogen-bond donors (Lipinski definition) is 0. The van der Waals surface area contributed by atoms with Crippen LogP contribution in [0, 0.1) is 16.7 Å². The first-order chi connectivity index (χ1) is 7.71. The SMILES string of the molecule is CC.CON1C(C)(C)CCC1(C)C(C)(C)C#N. The van der Waals surface area contributed by atoms with Crippen molar-refractivity contribution in [2.75, 3.05) is 7.11 Å². The van der Waals surface area contributed by atoms with Gasteiger partial charge in [-0.3, -0.25) is 0 Å². The molecule has 1 aliphatic rings. The summed E-state index contributed by atoms with van der Waals surface area (Å²) in [5.74, 6) is 0. The summed E-state index contributed by atoms with van der Waals surface area (Å²) in [5, 5.41) is 11.3. The summed E-state index contributed by atoms with van der Waals surface area (Å²) in [6.07, 6.45) is 2.05. The van der Waals surface area contributed by atoms with Crippen molar-refractivity contribution in [2.24, 2.45) is 5.41 Å². The lowest BCUT2D eigenvalue weighted by Gasteiger charge is -2.46. The molecule has 3 heteroatoms. The summed E-state index contributed by atoms with van der Waals surface area (Å²) in [7, 11) is 1.69. The molecule has 1 saturated heterocycles. The van der Waals surface area contributed by atoms with Gasteiger partial charge >= 0.3 is 0 Å². The van der Waals surface area contributed by atoms with Crippen molar-refractivity contribution < 1.29 is 4.84 Å². The summed E-state index contributed by atoms with van der Waals surface area (Å²) in [5.41, 5.74) is -0.603. The molecular weight excluding hydrogens is 212 g/mol. The van der Waals surface area contributed by atoms with Crippen LogP contribution in [0.5, 0.6) is 0 Å². The van der Waals surface area contributed by atoms with Gasteiger partial charge in [0.05, 0.1) is 24.1 Å². The molecular formula is C14H28N2O. The normalized spacial score (nSPS) is 28.2. The second kappa shape index (κ2) is 5.37. The van der Waals surface area contributed by atoms with E-state index in [-0.39, 0.29) is 11.1 Å². The largest absolute Gasteiger partial charge is 0.301 e. The van der Waals surface area contributed by atoms with Gasteiger partial charge in [0.1, 0.15) is 0 Å². The van der Waals surface area contributed by atoms with Crippen LogP contribution in [-0.2, 0) is 4.84 Å². The Labute approximate surface area is 107 Å². The zero-order valence-electron chi connectivity index (χ0n) is 12.7. The van der Waals surface area contributed by atoms with E-state index in [1.165, 1.54) is 0 Å². The van der Waals surface area contributed by atoms with Crippen molar-refractivity contribution in [1.29, 1.82) is 5.26 Å². The van der Waals surface area contributed by atoms with E-state index >= 15 is 0 Å². The molecule has 0 saturated carbocycles. The highest BCUT2D eigenvalue weighted by Gasteiger charge is 2.56. The Morgan fingerprint density at radius 3 is 2.00 bits per heavy atom. The smallest absolute Gasteiger partial charge is 0.0721 e. The van der Waals surface area contributed by atoms with E-state index in [0.717, 1.165) is 12.8 Å². The number of hydroxylamine groups is 2. The molecule has 0 amide bonds. The van der Waals surface area contributed by atoms with Crippen molar-refractivity contribution in [3.05, 3.63) is 0 Å². The Morgan fingerprint density at radius 2 is 1.65 bits per heavy atom. The van der Waals surface area contributed by atoms with Crippen molar-refractivity contribution in [1.82, 2.24) is 5.06 Å². The second-order valence-corrected chi connectivity index (χ2v) is 5.80. The van der Waals surface area contributed by atoms with E-state index in [1.54, 1.807) is 7.11 Å². The average Bonchev–Trinajstić information content (AvgIpc) is 2.53. The van der Waals surface area contributed by atoms with Crippen LogP contribution in [0.3, 0.4) is 0 Å². The third-order valence-electron chi connectivity index (χ3n) is 4.03. The molecule has 1 unspecified atom stereocenters. The topological polar surface area (TPSA) is 36.3 Å². The highest BCUT2D eigenvalue weighted by atomic mass is 16.7. The van der Waals surface area contributed by atoms with E-state index in [4.69, 9.17) is 4.84 Å². The number of nitriles is 1. The van der Waals surface area contributed by atoms with Crippen LogP contribution in [0.15, 0.2) is 0 Å². The van der Waals surface area contributed by atoms with Gasteiger partial charge in [0, 0.05) is 5.54 Å². The number of nitrogens with zero attached hydrogens (tertiary/aromatic N) is 2. The van der Waals surface area contributed by atoms with Gasteiger partial charge < -0.3 is 4.84 Å². The van der Waals surface area contributed by atoms with E-state index in [0.29, 0.717) is 0 Å². The first-order valence-corrected chi connectivity index (χ1v) is 6.47. The second-order valence-electron chi connectivity index (χ2n) is 5.80. The fraction of sp³-hybridized carbons (Fsp3) is 0.929. The maximum atomic E-state index is 9.27. The molecule has 3 nitrogen and oxygen atoms in total. The van der Waals surface area contributed by atoms with Gasteiger partial charge in [0.2, 0.25) is 0 Å². The summed E-state index contributed by atoms with van der Waals surface area (Å²) in [6, 6.07) is 2.40. The highest BCUT2D eigenvalue weighted by molar-refractivity contribution is 5.14. The molecule has 0 aromatic carbocycles. The summed E-state index contributed by atoms with van der Waals surface area (Å²) < 4.78 is 0. The Kier molecular flexibility index (Phi) is 5.18. The Balaban J connectivity index is 0.00000121. The molecule has 0 aromatic heterocycles. The molecule has 1 fully saturated rings. The molecule has 1 atom stereocenters. The van der Waals surface area contributed by atoms with Gasteiger partial charge in [0.25, 0.3) is 0 Å². The van der Waals surface area contributed by atoms with E-state index in [9.17, 15) is 5.26 Å². The number of rotatable bonds is 2. The van der Waals surface area contributed by atoms with Crippen molar-refractivity contribution in [2.45, 2.75) is 72.4 Å². The van der Waals surface area contributed by atoms with Gasteiger partial charge in [0.15, 0.2) is 0 Å². The minimum Gasteiger partial charge on any atom is -0.301 e. The molecule has 17 heavy (non-hydrogen) atoms. The predicted molar refractivity (Wildman–Crippen MR) is 71.3 cm³/mol. The fourth-order valence-electron chi connectivity index (χ4n) is 2.56. The maximum Gasteiger partial charge on any atom is 0.0721 e. The van der Waals surface area contributed by atoms with Gasteiger partial charge in [-0.05, 0) is 47.5 Å². The molecule has 0 spiro atoms. The summed E-state index contributed by atoms with van der Waals surface area (Å²) in [6.45, 7) is 14.4. The van der Waals surface area contributed by atoms with Crippen LogP contribution in [0.1, 0.15) is 61.3 Å². The van der Waals surface area contributed by atoms with Crippen LogP contribution in [0.25, 0.3) is 0 Å². The van der Waals surface area contributed by atoms with Crippen molar-refractivity contribution in [3.63, 3.8) is 0 Å². The average molecular weight is 240 g/mol. The molecule has 0 aromatic rings. The first kappa shape index (κ1) is 16.4. The standard InChI is InChI=1S/C12H22N2O.C2H6/c1-10(2,9-13)12(5)8-7-11(3,4)14(12)15-6;1-2/h7-8H2,1-6H3;1-2H3. The van der Waals surface area contributed by atoms with Crippen molar-refractivity contribution in [3.8, 4) is 6.07 Å². The van der Waals surface area contributed by atoms with E-state index in [1.807, 2.05) is 32.8 Å². The molecule has 0 radical (unpaired) electrons. The van der Waals surface area contributed by atoms with E-state index in [2.05, 4.69) is 26.8 Å². The van der Waals surface area contributed by atoms with Gasteiger partial charge in [-0.2, -0.15) is 10.3 Å². The minimum atomic E-state index is -0.406. The highest BCUT2D eigenvalue weighted by Crippen LogP contribution is 2.49. The molecule has 0 N–H and O–H groups in total. The van der Waals surface area contributed by atoms with Crippen LogP contribution in [-0.4, -0.2) is 23.3 Å². The van der Waals surface area contributed by atoms with Crippen LogP contribution in [0.2, 0.25) is 0 Å². The maximum absolute atomic E-state index is 9.27. The lowest BCUT2D eigenvalue weighted by molar-refractivity contribution is -0.242. The predicted octanol–water partition coefficient (Wildman–Crippen LogP) is 3.76. The monoisotopic (exact) mass is 240 g/mol. The van der Waals surface area contributed by atoms with Crippen LogP contribution >= 0.6 is 0 Å². The van der Waals surface area contributed by atoms with Crippen molar-refractivity contribution >= 4 is 0 Å². The first-order valence-electron chi connectivity index (χ1n) is 6.47. The summed E-state index contributed by atoms with van der Waals surface area (Å²) in [4.78, 5) is 5.51. The zero-order valence-corrected chi connectivity index (χ0v) is 12.7. The zero-order chi connectivity index (χ0) is 13.9. The minimum absolute atomic E-state index is 0.0115. The molecule has 1 aliphatic heterocycles. The molecule has 1 heterocycles. The third-order valence-corrected chi connectivity index (χ3v) is 4.03. The van der Waals surface area contributed by atoms with Gasteiger partial charge in [-0.25, -0.2) is 0 Å².